The van der Waals surface area contributed by atoms with Gasteiger partial charge in [0.1, 0.15) is 0 Å². The van der Waals surface area contributed by atoms with Crippen molar-refractivity contribution in [2.45, 2.75) is 0 Å². The zero-order valence-corrected chi connectivity index (χ0v) is 7.71. The summed E-state index contributed by atoms with van der Waals surface area (Å²) in [4.78, 5) is 2.13. The number of hydrazine groups is 1. The molecule has 1 aromatic carbocycles. The van der Waals surface area contributed by atoms with Gasteiger partial charge in [0.2, 0.25) is 10.0 Å². The van der Waals surface area contributed by atoms with Gasteiger partial charge in [0.05, 0.1) is 0 Å². The fraction of sp³-hybridized carbons (Fsp3) is 0. The van der Waals surface area contributed by atoms with E-state index in [1.807, 2.05) is 6.07 Å². The Morgan fingerprint density at radius 2 is 1.85 bits per heavy atom. The van der Waals surface area contributed by atoms with Crippen molar-refractivity contribution in [2.24, 2.45) is 0 Å². The van der Waals surface area contributed by atoms with E-state index in [2.05, 4.69) is 16.8 Å². The number of benzene rings is 1. The van der Waals surface area contributed by atoms with Crippen molar-refractivity contribution in [3.05, 3.63) is 42.3 Å². The molecule has 70 valence electrons. The smallest absolute Gasteiger partial charge is 0.249 e. The Bertz CT molecular complexity index is 372. The fourth-order valence-corrected chi connectivity index (χ4v) is 1.04. The molecule has 5 heteroatoms. The van der Waals surface area contributed by atoms with E-state index in [0.29, 0.717) is 5.69 Å². The molecule has 0 saturated carbocycles. The van der Waals surface area contributed by atoms with Crippen molar-refractivity contribution in [1.29, 1.82) is 0 Å². The van der Waals surface area contributed by atoms with Gasteiger partial charge in [-0.2, -0.15) is 0 Å². The average molecular weight is 198 g/mol. The summed E-state index contributed by atoms with van der Waals surface area (Å²) < 4.78 is 21.8. The Labute approximate surface area is 77.3 Å². The van der Waals surface area contributed by atoms with Gasteiger partial charge < -0.3 is 5.43 Å². The lowest BCUT2D eigenvalue weighted by molar-refractivity contribution is 0.597. The molecule has 1 rings (SSSR count). The summed E-state index contributed by atoms with van der Waals surface area (Å²) in [6.07, 6.45) is 0. The molecule has 0 heterocycles. The molecule has 0 fully saturated rings. The van der Waals surface area contributed by atoms with Crippen molar-refractivity contribution in [3.8, 4) is 0 Å². The van der Waals surface area contributed by atoms with Crippen LogP contribution in [0.3, 0.4) is 0 Å². The molecular formula is C8H10N2O2S. The molecule has 0 spiro atoms. The van der Waals surface area contributed by atoms with Gasteiger partial charge in [-0.15, -0.1) is 4.83 Å². The second kappa shape index (κ2) is 4.06. The van der Waals surface area contributed by atoms with Crippen LogP contribution in [-0.2, 0) is 10.0 Å². The van der Waals surface area contributed by atoms with Gasteiger partial charge in [0.25, 0.3) is 0 Å². The molecule has 1 aromatic rings. The van der Waals surface area contributed by atoms with Crippen LogP contribution in [0.1, 0.15) is 0 Å². The fourth-order valence-electron chi connectivity index (χ4n) is 0.693. The van der Waals surface area contributed by atoms with Crippen LogP contribution in [0.4, 0.5) is 5.69 Å². The number of anilines is 1. The molecule has 0 amide bonds. The van der Waals surface area contributed by atoms with Crippen molar-refractivity contribution in [2.75, 3.05) is 5.43 Å². The minimum Gasteiger partial charge on any atom is -0.308 e. The summed E-state index contributed by atoms with van der Waals surface area (Å²) in [7, 11) is -3.41. The summed E-state index contributed by atoms with van der Waals surface area (Å²) in [6.45, 7) is 3.15. The third-order valence-corrected chi connectivity index (χ3v) is 2.16. The minimum absolute atomic E-state index is 0.674. The zero-order valence-electron chi connectivity index (χ0n) is 6.90. The van der Waals surface area contributed by atoms with E-state index in [9.17, 15) is 8.42 Å². The van der Waals surface area contributed by atoms with Crippen molar-refractivity contribution < 1.29 is 8.42 Å². The Hall–Kier alpha value is -1.33. The van der Waals surface area contributed by atoms with Gasteiger partial charge in [0.15, 0.2) is 0 Å². The predicted molar refractivity (Wildman–Crippen MR) is 52.3 cm³/mol. The normalized spacial score (nSPS) is 10.8. The van der Waals surface area contributed by atoms with E-state index in [0.717, 1.165) is 5.41 Å². The van der Waals surface area contributed by atoms with Crippen LogP contribution >= 0.6 is 0 Å². The third kappa shape index (κ3) is 3.27. The number of nitrogens with one attached hydrogen (secondary N) is 2. The molecule has 2 N–H and O–H groups in total. The summed E-state index contributed by atoms with van der Waals surface area (Å²) in [5, 5.41) is 0.836. The highest BCUT2D eigenvalue weighted by Gasteiger charge is 2.00. The van der Waals surface area contributed by atoms with Gasteiger partial charge in [-0.25, -0.2) is 8.42 Å². The Balaban J connectivity index is 2.59. The first-order valence-electron chi connectivity index (χ1n) is 3.59. The molecule has 0 aliphatic rings. The van der Waals surface area contributed by atoms with Crippen molar-refractivity contribution >= 4 is 15.7 Å². The molecule has 0 atom stereocenters. The van der Waals surface area contributed by atoms with Crippen LogP contribution in [-0.4, -0.2) is 8.42 Å². The highest BCUT2D eigenvalue weighted by Crippen LogP contribution is 2.02. The van der Waals surface area contributed by atoms with E-state index in [1.165, 1.54) is 0 Å². The van der Waals surface area contributed by atoms with Gasteiger partial charge >= 0.3 is 0 Å². The molecule has 0 aliphatic heterocycles. The first-order chi connectivity index (χ1) is 6.14. The largest absolute Gasteiger partial charge is 0.308 e. The predicted octanol–water partition coefficient (Wildman–Crippen LogP) is 1.08. The molecule has 4 nitrogen and oxygen atoms in total. The van der Waals surface area contributed by atoms with Crippen LogP contribution in [0.25, 0.3) is 0 Å². The topological polar surface area (TPSA) is 58.2 Å². The average Bonchev–Trinajstić information content (AvgIpc) is 2.17. The maximum absolute atomic E-state index is 10.9. The molecular weight excluding hydrogens is 188 g/mol. The number of sulfonamides is 1. The van der Waals surface area contributed by atoms with Crippen molar-refractivity contribution in [1.82, 2.24) is 4.83 Å². The Kier molecular flexibility index (Phi) is 3.05. The van der Waals surface area contributed by atoms with Gasteiger partial charge in [-0.05, 0) is 12.1 Å². The minimum atomic E-state index is -3.41. The standard InChI is InChI=1S/C8H10N2O2S/c1-2-13(11,12)10-9-8-6-4-3-5-7-8/h2-7,9-10H,1H2. The first-order valence-corrected chi connectivity index (χ1v) is 5.14. The van der Waals surface area contributed by atoms with Crippen molar-refractivity contribution in [3.63, 3.8) is 0 Å². The summed E-state index contributed by atoms with van der Waals surface area (Å²) >= 11 is 0. The molecule has 0 aliphatic carbocycles. The molecule has 0 saturated heterocycles. The molecule has 0 unspecified atom stereocenters. The van der Waals surface area contributed by atoms with Crippen LogP contribution in [0.15, 0.2) is 42.3 Å². The zero-order chi connectivity index (χ0) is 9.73. The van der Waals surface area contributed by atoms with E-state index in [1.54, 1.807) is 24.3 Å². The monoisotopic (exact) mass is 198 g/mol. The van der Waals surface area contributed by atoms with Crippen LogP contribution in [0, 0.1) is 0 Å². The summed E-state index contributed by atoms with van der Waals surface area (Å²) in [5.41, 5.74) is 3.20. The van der Waals surface area contributed by atoms with Crippen LogP contribution < -0.4 is 10.3 Å². The maximum atomic E-state index is 10.9. The molecule has 0 aromatic heterocycles. The lowest BCUT2D eigenvalue weighted by atomic mass is 10.3. The summed E-state index contributed by atoms with van der Waals surface area (Å²) in [6, 6.07) is 8.92. The molecule has 0 radical (unpaired) electrons. The maximum Gasteiger partial charge on any atom is 0.249 e. The Morgan fingerprint density at radius 1 is 1.23 bits per heavy atom. The van der Waals surface area contributed by atoms with Crippen LogP contribution in [0.5, 0.6) is 0 Å². The highest BCUT2D eigenvalue weighted by molar-refractivity contribution is 7.92. The lowest BCUT2D eigenvalue weighted by Gasteiger charge is -2.05. The van der Waals surface area contributed by atoms with Gasteiger partial charge in [0, 0.05) is 11.1 Å². The van der Waals surface area contributed by atoms with E-state index >= 15 is 0 Å². The SMILES string of the molecule is C=CS(=O)(=O)NNc1ccccc1. The number of para-hydroxylation sites is 1. The molecule has 0 bridgehead atoms. The second-order valence-electron chi connectivity index (χ2n) is 2.30. The van der Waals surface area contributed by atoms with E-state index in [-0.39, 0.29) is 0 Å². The summed E-state index contributed by atoms with van der Waals surface area (Å²) in [5.74, 6) is 0. The van der Waals surface area contributed by atoms with E-state index < -0.39 is 10.0 Å². The molecule has 13 heavy (non-hydrogen) atoms. The Morgan fingerprint density at radius 3 is 2.38 bits per heavy atom. The van der Waals surface area contributed by atoms with Crippen LogP contribution in [0.2, 0.25) is 0 Å². The number of hydrogen-bond donors (Lipinski definition) is 2. The second-order valence-corrected chi connectivity index (χ2v) is 3.93. The number of hydrogen-bond acceptors (Lipinski definition) is 3. The van der Waals surface area contributed by atoms with E-state index in [4.69, 9.17) is 0 Å². The van der Waals surface area contributed by atoms with Gasteiger partial charge in [-0.1, -0.05) is 24.8 Å². The quantitative estimate of drug-likeness (QED) is 0.712. The highest BCUT2D eigenvalue weighted by atomic mass is 32.2. The lowest BCUT2D eigenvalue weighted by Crippen LogP contribution is -2.27. The number of rotatable bonds is 4. The van der Waals surface area contributed by atoms with Gasteiger partial charge in [-0.3, -0.25) is 0 Å². The first kappa shape index (κ1) is 9.76. The third-order valence-electron chi connectivity index (χ3n) is 1.33.